The highest BCUT2D eigenvalue weighted by atomic mass is 16.7. The van der Waals surface area contributed by atoms with Crippen LogP contribution >= 0.6 is 0 Å². The van der Waals surface area contributed by atoms with Crippen LogP contribution in [0.15, 0.2) is 17.7 Å². The highest BCUT2D eigenvalue weighted by molar-refractivity contribution is 6.03. The van der Waals surface area contributed by atoms with Crippen molar-refractivity contribution < 1.29 is 14.7 Å². The lowest BCUT2D eigenvalue weighted by atomic mass is 9.99. The molecule has 1 unspecified atom stereocenters. The molecule has 1 aromatic heterocycles. The summed E-state index contributed by atoms with van der Waals surface area (Å²) in [6.07, 6.45) is 6.06. The number of carbonyl (C=O) groups is 1. The van der Waals surface area contributed by atoms with Crippen LogP contribution in [0.4, 0.5) is 0 Å². The molecule has 1 saturated carbocycles. The minimum absolute atomic E-state index is 0.279. The van der Waals surface area contributed by atoms with Gasteiger partial charge in [0.25, 0.3) is 0 Å². The minimum atomic E-state index is -1.24. The summed E-state index contributed by atoms with van der Waals surface area (Å²) in [7, 11) is 0. The molecule has 0 radical (unpaired) electrons. The molecule has 6 heteroatoms. The Hall–Kier alpha value is -1.85. The van der Waals surface area contributed by atoms with Crippen molar-refractivity contribution in [2.24, 2.45) is 5.16 Å². The van der Waals surface area contributed by atoms with Crippen molar-refractivity contribution >= 4 is 11.7 Å². The molecule has 1 fully saturated rings. The fourth-order valence-electron chi connectivity index (χ4n) is 1.96. The normalized spacial score (nSPS) is 27.7. The zero-order valence-corrected chi connectivity index (χ0v) is 9.46. The largest absolute Gasteiger partial charge is 0.478 e. The fourth-order valence-corrected chi connectivity index (χ4v) is 1.96. The van der Waals surface area contributed by atoms with Crippen molar-refractivity contribution in [1.82, 2.24) is 9.55 Å². The second kappa shape index (κ2) is 3.32. The molecule has 90 valence electrons. The SMILES string of the molecule is CC1(C(=O)O)CC(c2cncn2C2CC2)=NO1. The van der Waals surface area contributed by atoms with E-state index in [0.717, 1.165) is 18.5 Å². The van der Waals surface area contributed by atoms with Crippen LogP contribution in [0.3, 0.4) is 0 Å². The van der Waals surface area contributed by atoms with Crippen molar-refractivity contribution in [3.8, 4) is 0 Å². The van der Waals surface area contributed by atoms with Crippen LogP contribution in [0, 0.1) is 0 Å². The van der Waals surface area contributed by atoms with E-state index in [1.165, 1.54) is 6.92 Å². The average Bonchev–Trinajstić information content (AvgIpc) is 2.88. The van der Waals surface area contributed by atoms with Gasteiger partial charge in [0.1, 0.15) is 5.71 Å². The number of hydrogen-bond acceptors (Lipinski definition) is 4. The third-order valence-electron chi connectivity index (χ3n) is 3.22. The summed E-state index contributed by atoms with van der Waals surface area (Å²) in [6, 6.07) is 0.492. The lowest BCUT2D eigenvalue weighted by Gasteiger charge is -2.14. The molecule has 1 aliphatic heterocycles. The van der Waals surface area contributed by atoms with Crippen molar-refractivity contribution in [1.29, 1.82) is 0 Å². The van der Waals surface area contributed by atoms with Crippen LogP contribution in [0.2, 0.25) is 0 Å². The van der Waals surface area contributed by atoms with Crippen LogP contribution in [0.5, 0.6) is 0 Å². The van der Waals surface area contributed by atoms with Gasteiger partial charge < -0.3 is 14.5 Å². The summed E-state index contributed by atoms with van der Waals surface area (Å²) in [6.45, 7) is 1.53. The van der Waals surface area contributed by atoms with Gasteiger partial charge in [-0.05, 0) is 19.8 Å². The van der Waals surface area contributed by atoms with E-state index in [4.69, 9.17) is 9.94 Å². The highest BCUT2D eigenvalue weighted by Crippen LogP contribution is 2.37. The summed E-state index contributed by atoms with van der Waals surface area (Å²) < 4.78 is 2.05. The second-order valence-corrected chi connectivity index (χ2v) is 4.76. The zero-order chi connectivity index (χ0) is 12.0. The van der Waals surface area contributed by atoms with Gasteiger partial charge in [0.15, 0.2) is 0 Å². The molecule has 1 N–H and O–H groups in total. The Bertz CT molecular complexity index is 504. The van der Waals surface area contributed by atoms with E-state index in [9.17, 15) is 4.79 Å². The first kappa shape index (κ1) is 10.3. The Morgan fingerprint density at radius 1 is 1.65 bits per heavy atom. The summed E-state index contributed by atoms with van der Waals surface area (Å²) in [5.41, 5.74) is 0.297. The van der Waals surface area contributed by atoms with Gasteiger partial charge in [-0.2, -0.15) is 0 Å². The molecule has 0 saturated heterocycles. The number of aliphatic carboxylic acids is 1. The molecule has 0 bridgehead atoms. The van der Waals surface area contributed by atoms with Crippen molar-refractivity contribution in [3.05, 3.63) is 18.2 Å². The number of imidazole rings is 1. The van der Waals surface area contributed by atoms with E-state index in [1.807, 2.05) is 0 Å². The zero-order valence-electron chi connectivity index (χ0n) is 9.46. The average molecular weight is 235 g/mol. The highest BCUT2D eigenvalue weighted by Gasteiger charge is 2.43. The predicted molar refractivity (Wildman–Crippen MR) is 58.8 cm³/mol. The lowest BCUT2D eigenvalue weighted by molar-refractivity contribution is -0.160. The molecule has 6 nitrogen and oxygen atoms in total. The number of rotatable bonds is 3. The molecule has 2 aliphatic rings. The standard InChI is InChI=1S/C11H13N3O3/c1-11(10(15)16)4-8(13-17-11)9-5-12-6-14(9)7-2-3-7/h5-7H,2-4H2,1H3,(H,15,16). The summed E-state index contributed by atoms with van der Waals surface area (Å²) in [4.78, 5) is 20.2. The van der Waals surface area contributed by atoms with Crippen LogP contribution in [-0.4, -0.2) is 31.9 Å². The Kier molecular flexibility index (Phi) is 2.01. The van der Waals surface area contributed by atoms with E-state index in [2.05, 4.69) is 14.7 Å². The van der Waals surface area contributed by atoms with Gasteiger partial charge in [-0.15, -0.1) is 0 Å². The third kappa shape index (κ3) is 1.60. The number of carboxylic acid groups (broad SMARTS) is 1. The van der Waals surface area contributed by atoms with E-state index in [-0.39, 0.29) is 6.42 Å². The molecule has 1 atom stereocenters. The summed E-state index contributed by atoms with van der Waals surface area (Å²) in [5.74, 6) is -0.992. The van der Waals surface area contributed by atoms with Gasteiger partial charge >= 0.3 is 5.97 Å². The monoisotopic (exact) mass is 235 g/mol. The van der Waals surface area contributed by atoms with E-state index < -0.39 is 11.6 Å². The number of carboxylic acids is 1. The Balaban J connectivity index is 1.86. The van der Waals surface area contributed by atoms with Crippen molar-refractivity contribution in [2.75, 3.05) is 0 Å². The van der Waals surface area contributed by atoms with Gasteiger partial charge in [0.2, 0.25) is 5.60 Å². The summed E-state index contributed by atoms with van der Waals surface area (Å²) >= 11 is 0. The van der Waals surface area contributed by atoms with Crippen molar-refractivity contribution in [3.63, 3.8) is 0 Å². The fraction of sp³-hybridized carbons (Fsp3) is 0.545. The van der Waals surface area contributed by atoms with Crippen LogP contribution in [-0.2, 0) is 9.63 Å². The quantitative estimate of drug-likeness (QED) is 0.853. The maximum Gasteiger partial charge on any atom is 0.351 e. The number of hydrogen-bond donors (Lipinski definition) is 1. The first-order chi connectivity index (χ1) is 8.10. The molecular weight excluding hydrogens is 222 g/mol. The van der Waals surface area contributed by atoms with Gasteiger partial charge in [0.05, 0.1) is 18.2 Å². The number of oxime groups is 1. The molecule has 1 aliphatic carbocycles. The Morgan fingerprint density at radius 2 is 2.41 bits per heavy atom. The van der Waals surface area contributed by atoms with E-state index in [1.54, 1.807) is 12.5 Å². The molecule has 0 aromatic carbocycles. The minimum Gasteiger partial charge on any atom is -0.478 e. The molecule has 2 heterocycles. The van der Waals surface area contributed by atoms with Gasteiger partial charge in [0, 0.05) is 12.5 Å². The second-order valence-electron chi connectivity index (χ2n) is 4.76. The van der Waals surface area contributed by atoms with Gasteiger partial charge in [-0.1, -0.05) is 5.16 Å². The third-order valence-corrected chi connectivity index (χ3v) is 3.22. The van der Waals surface area contributed by atoms with Crippen LogP contribution < -0.4 is 0 Å². The van der Waals surface area contributed by atoms with Gasteiger partial charge in [-0.3, -0.25) is 0 Å². The molecule has 3 rings (SSSR count). The molecule has 17 heavy (non-hydrogen) atoms. The van der Waals surface area contributed by atoms with Crippen LogP contribution in [0.1, 0.15) is 37.9 Å². The maximum absolute atomic E-state index is 11.0. The molecule has 0 spiro atoms. The van der Waals surface area contributed by atoms with E-state index >= 15 is 0 Å². The van der Waals surface area contributed by atoms with Crippen LogP contribution in [0.25, 0.3) is 0 Å². The molecule has 1 aromatic rings. The molecular formula is C11H13N3O3. The smallest absolute Gasteiger partial charge is 0.351 e. The first-order valence-corrected chi connectivity index (χ1v) is 5.61. The Labute approximate surface area is 97.9 Å². The van der Waals surface area contributed by atoms with E-state index in [0.29, 0.717) is 11.8 Å². The maximum atomic E-state index is 11.0. The molecule has 0 amide bonds. The number of aromatic nitrogens is 2. The number of nitrogens with zero attached hydrogens (tertiary/aromatic N) is 3. The van der Waals surface area contributed by atoms with Crippen molar-refractivity contribution in [2.45, 2.75) is 37.8 Å². The lowest BCUT2D eigenvalue weighted by Crippen LogP contribution is -2.35. The summed E-state index contributed by atoms with van der Waals surface area (Å²) in [5, 5.41) is 13.0. The van der Waals surface area contributed by atoms with Gasteiger partial charge in [-0.25, -0.2) is 9.78 Å². The topological polar surface area (TPSA) is 76.7 Å². The first-order valence-electron chi connectivity index (χ1n) is 5.61. The predicted octanol–water partition coefficient (Wildman–Crippen LogP) is 1.19. The Morgan fingerprint density at radius 3 is 3.00 bits per heavy atom.